The summed E-state index contributed by atoms with van der Waals surface area (Å²) in [6.45, 7) is 0. The molecule has 8 heteroatoms. The topological polar surface area (TPSA) is 101 Å². The van der Waals surface area contributed by atoms with Gasteiger partial charge in [0.05, 0.1) is 35.2 Å². The van der Waals surface area contributed by atoms with E-state index in [0.29, 0.717) is 17.6 Å². The molecule has 3 heterocycles. The average Bonchev–Trinajstić information content (AvgIpc) is 3.37. The zero-order chi connectivity index (χ0) is 18.7. The Kier molecular flexibility index (Phi) is 4.89. The number of anilines is 1. The van der Waals surface area contributed by atoms with Crippen molar-refractivity contribution < 1.29 is 9.18 Å². The SMILES string of the molecule is C#C.NC(=O)c1cnn2cc(-c3cn[nH]c3)cc2c1N[C@@H]1CCC[C@@H]1F. The molecule has 7 nitrogen and oxygen atoms in total. The van der Waals surface area contributed by atoms with Crippen LogP contribution in [0.15, 0.2) is 30.9 Å². The molecule has 1 aliphatic carbocycles. The molecule has 26 heavy (non-hydrogen) atoms. The third-order valence-electron chi connectivity index (χ3n) is 4.50. The van der Waals surface area contributed by atoms with E-state index in [1.54, 1.807) is 16.9 Å². The van der Waals surface area contributed by atoms with Crippen molar-refractivity contribution in [2.45, 2.75) is 31.5 Å². The van der Waals surface area contributed by atoms with Crippen molar-refractivity contribution in [1.29, 1.82) is 0 Å². The molecule has 0 aromatic carbocycles. The Hall–Kier alpha value is -3.34. The normalized spacial score (nSPS) is 19.0. The van der Waals surface area contributed by atoms with Crippen molar-refractivity contribution in [2.24, 2.45) is 5.73 Å². The summed E-state index contributed by atoms with van der Waals surface area (Å²) in [4.78, 5) is 11.8. The minimum Gasteiger partial charge on any atom is -0.377 e. The number of halogens is 1. The molecular formula is C18H19FN6O. The molecular weight excluding hydrogens is 335 g/mol. The molecule has 3 aromatic rings. The summed E-state index contributed by atoms with van der Waals surface area (Å²) in [7, 11) is 0. The van der Waals surface area contributed by atoms with E-state index in [-0.39, 0.29) is 11.6 Å². The van der Waals surface area contributed by atoms with Gasteiger partial charge in [0.25, 0.3) is 5.91 Å². The lowest BCUT2D eigenvalue weighted by Crippen LogP contribution is -2.27. The Morgan fingerprint density at radius 2 is 2.15 bits per heavy atom. The van der Waals surface area contributed by atoms with Crippen LogP contribution in [0, 0.1) is 12.8 Å². The highest BCUT2D eigenvalue weighted by Gasteiger charge is 2.28. The number of aromatic nitrogens is 4. The highest BCUT2D eigenvalue weighted by Crippen LogP contribution is 2.31. The van der Waals surface area contributed by atoms with Gasteiger partial charge in [0.2, 0.25) is 0 Å². The van der Waals surface area contributed by atoms with Crippen molar-refractivity contribution in [3.05, 3.63) is 36.4 Å². The van der Waals surface area contributed by atoms with E-state index in [1.165, 1.54) is 6.20 Å². The molecule has 0 saturated heterocycles. The summed E-state index contributed by atoms with van der Waals surface area (Å²) in [5, 5.41) is 14.1. The Bertz CT molecular complexity index is 930. The molecule has 3 aromatic heterocycles. The highest BCUT2D eigenvalue weighted by molar-refractivity contribution is 6.02. The van der Waals surface area contributed by atoms with Crippen molar-refractivity contribution >= 4 is 17.1 Å². The lowest BCUT2D eigenvalue weighted by Gasteiger charge is -2.19. The second-order valence-corrected chi connectivity index (χ2v) is 6.04. The van der Waals surface area contributed by atoms with Gasteiger partial charge in [0, 0.05) is 23.5 Å². The summed E-state index contributed by atoms with van der Waals surface area (Å²) in [5.41, 5.74) is 8.74. The minimum absolute atomic E-state index is 0.262. The number of amides is 1. The van der Waals surface area contributed by atoms with Crippen LogP contribution in [-0.2, 0) is 0 Å². The quantitative estimate of drug-likeness (QED) is 0.626. The first kappa shape index (κ1) is 17.5. The van der Waals surface area contributed by atoms with Gasteiger partial charge in [-0.1, -0.05) is 0 Å². The number of carbonyl (C=O) groups is 1. The van der Waals surface area contributed by atoms with Crippen LogP contribution >= 0.6 is 0 Å². The van der Waals surface area contributed by atoms with Crippen molar-refractivity contribution in [3.8, 4) is 24.0 Å². The zero-order valence-electron chi connectivity index (χ0n) is 14.0. The van der Waals surface area contributed by atoms with E-state index in [4.69, 9.17) is 5.73 Å². The first-order valence-electron chi connectivity index (χ1n) is 8.18. The van der Waals surface area contributed by atoms with Crippen LogP contribution in [0.1, 0.15) is 29.6 Å². The van der Waals surface area contributed by atoms with Crippen LogP contribution in [0.5, 0.6) is 0 Å². The number of hydrogen-bond donors (Lipinski definition) is 3. The summed E-state index contributed by atoms with van der Waals surface area (Å²) in [5.74, 6) is -0.591. The van der Waals surface area contributed by atoms with Crippen LogP contribution in [0.2, 0.25) is 0 Å². The molecule has 0 bridgehead atoms. The van der Waals surface area contributed by atoms with Gasteiger partial charge < -0.3 is 11.1 Å². The van der Waals surface area contributed by atoms with Crippen molar-refractivity contribution in [2.75, 3.05) is 5.32 Å². The van der Waals surface area contributed by atoms with Gasteiger partial charge >= 0.3 is 0 Å². The third-order valence-corrected chi connectivity index (χ3v) is 4.50. The molecule has 0 spiro atoms. The number of fused-ring (bicyclic) bond motifs is 1. The molecule has 4 N–H and O–H groups in total. The second-order valence-electron chi connectivity index (χ2n) is 6.04. The number of hydrogen-bond acceptors (Lipinski definition) is 4. The number of alkyl halides is 1. The van der Waals surface area contributed by atoms with Gasteiger partial charge in [0.15, 0.2) is 0 Å². The fourth-order valence-corrected chi connectivity index (χ4v) is 3.22. The molecule has 0 aliphatic heterocycles. The van der Waals surface area contributed by atoms with Gasteiger partial charge in [-0.3, -0.25) is 9.89 Å². The monoisotopic (exact) mass is 354 g/mol. The molecule has 1 amide bonds. The first-order valence-corrected chi connectivity index (χ1v) is 8.18. The highest BCUT2D eigenvalue weighted by atomic mass is 19.1. The van der Waals surface area contributed by atoms with Crippen LogP contribution in [0.25, 0.3) is 16.6 Å². The fourth-order valence-electron chi connectivity index (χ4n) is 3.22. The predicted molar refractivity (Wildman–Crippen MR) is 97.3 cm³/mol. The summed E-state index contributed by atoms with van der Waals surface area (Å²) in [6.07, 6.45) is 15.9. The van der Waals surface area contributed by atoms with E-state index >= 15 is 0 Å². The number of carbonyl (C=O) groups excluding carboxylic acids is 1. The number of nitrogens with one attached hydrogen (secondary N) is 2. The number of rotatable bonds is 4. The summed E-state index contributed by atoms with van der Waals surface area (Å²) < 4.78 is 15.7. The van der Waals surface area contributed by atoms with E-state index in [2.05, 4.69) is 33.5 Å². The third kappa shape index (κ3) is 3.11. The molecule has 4 rings (SSSR count). The molecule has 1 fully saturated rings. The Morgan fingerprint density at radius 1 is 1.35 bits per heavy atom. The summed E-state index contributed by atoms with van der Waals surface area (Å²) in [6, 6.07) is 1.57. The maximum absolute atomic E-state index is 14.0. The van der Waals surface area contributed by atoms with Gasteiger partial charge in [-0.2, -0.15) is 10.2 Å². The van der Waals surface area contributed by atoms with Crippen molar-refractivity contribution in [3.63, 3.8) is 0 Å². The number of terminal acetylenes is 1. The summed E-state index contributed by atoms with van der Waals surface area (Å²) >= 11 is 0. The van der Waals surface area contributed by atoms with E-state index in [1.807, 2.05) is 12.3 Å². The average molecular weight is 354 g/mol. The van der Waals surface area contributed by atoms with Crippen LogP contribution in [0.3, 0.4) is 0 Å². The van der Waals surface area contributed by atoms with E-state index in [0.717, 1.165) is 24.0 Å². The number of nitrogens with zero attached hydrogens (tertiary/aromatic N) is 3. The van der Waals surface area contributed by atoms with Crippen LogP contribution in [-0.4, -0.2) is 37.9 Å². The lowest BCUT2D eigenvalue weighted by atomic mass is 10.1. The molecule has 0 radical (unpaired) electrons. The number of H-pyrrole nitrogens is 1. The fraction of sp³-hybridized carbons (Fsp3) is 0.278. The number of aromatic amines is 1. The largest absolute Gasteiger partial charge is 0.377 e. The smallest absolute Gasteiger partial charge is 0.252 e. The van der Waals surface area contributed by atoms with Gasteiger partial charge in [-0.05, 0) is 25.3 Å². The molecule has 2 atom stereocenters. The maximum Gasteiger partial charge on any atom is 0.252 e. The van der Waals surface area contributed by atoms with Crippen molar-refractivity contribution in [1.82, 2.24) is 19.8 Å². The Balaban J connectivity index is 0.000000948. The predicted octanol–water partition coefficient (Wildman–Crippen LogP) is 2.38. The molecule has 1 saturated carbocycles. The zero-order valence-corrected chi connectivity index (χ0v) is 14.0. The molecule has 1 aliphatic rings. The Morgan fingerprint density at radius 3 is 2.77 bits per heavy atom. The van der Waals surface area contributed by atoms with E-state index < -0.39 is 12.1 Å². The van der Waals surface area contributed by atoms with Gasteiger partial charge in [0.1, 0.15) is 6.17 Å². The standard InChI is InChI=1S/C16H17FN6O.C2H2/c17-12-2-1-3-13(12)22-15-11(16(18)24)7-21-23-8-9(4-14(15)23)10-5-19-20-6-10;1-2/h4-8,12-13,22H,1-3H2,(H2,18,24)(H,19,20);1-2H/t12-,13+;/m0./s1. The molecule has 134 valence electrons. The first-order chi connectivity index (χ1) is 12.6. The maximum atomic E-state index is 14.0. The van der Waals surface area contributed by atoms with Gasteiger partial charge in [-0.25, -0.2) is 8.91 Å². The Labute approximate surface area is 149 Å². The number of nitrogens with two attached hydrogens (primary N) is 1. The minimum atomic E-state index is -0.928. The number of primary amides is 1. The van der Waals surface area contributed by atoms with Gasteiger partial charge in [-0.15, -0.1) is 12.8 Å². The lowest BCUT2D eigenvalue weighted by molar-refractivity contribution is 0.100. The molecule has 0 unspecified atom stereocenters. The van der Waals surface area contributed by atoms with Crippen LogP contribution in [0.4, 0.5) is 10.1 Å². The second kappa shape index (κ2) is 7.27. The van der Waals surface area contributed by atoms with Crippen LogP contribution < -0.4 is 11.1 Å². The van der Waals surface area contributed by atoms with E-state index in [9.17, 15) is 9.18 Å².